The van der Waals surface area contributed by atoms with Crippen molar-refractivity contribution in [2.45, 2.75) is 66.5 Å². The number of rotatable bonds is 10. The molecule has 0 aromatic carbocycles. The lowest BCUT2D eigenvalue weighted by atomic mass is 10.1. The van der Waals surface area contributed by atoms with Crippen LogP contribution in [0.25, 0.3) is 0 Å². The van der Waals surface area contributed by atoms with Gasteiger partial charge in [-0.1, -0.05) is 34.1 Å². The van der Waals surface area contributed by atoms with Crippen molar-refractivity contribution in [2.24, 2.45) is 5.92 Å². The number of nitrogens with one attached hydrogen (secondary N) is 1. The van der Waals surface area contributed by atoms with Crippen LogP contribution in [0.1, 0.15) is 59.4 Å². The van der Waals surface area contributed by atoms with Crippen LogP contribution in [0.5, 0.6) is 0 Å². The molecule has 0 aliphatic rings. The van der Waals surface area contributed by atoms with Crippen LogP contribution >= 0.6 is 0 Å². The molecule has 0 spiro atoms. The van der Waals surface area contributed by atoms with Crippen LogP contribution in [-0.4, -0.2) is 24.1 Å². The molecule has 0 saturated carbocycles. The minimum atomic E-state index is 0.560. The van der Waals surface area contributed by atoms with E-state index < -0.39 is 0 Å². The second-order valence-electron chi connectivity index (χ2n) is 6.33. The molecular formula is C18H33N3. The summed E-state index contributed by atoms with van der Waals surface area (Å²) in [6, 6.07) is 2.72. The first-order valence-electron chi connectivity index (χ1n) is 8.50. The minimum absolute atomic E-state index is 0.560. The Morgan fingerprint density at radius 1 is 1.24 bits per heavy atom. The van der Waals surface area contributed by atoms with Gasteiger partial charge in [-0.2, -0.15) is 0 Å². The minimum Gasteiger partial charge on any atom is -0.367 e. The first-order chi connectivity index (χ1) is 10.1. The van der Waals surface area contributed by atoms with Gasteiger partial charge in [0.05, 0.1) is 11.9 Å². The van der Waals surface area contributed by atoms with E-state index in [4.69, 9.17) is 0 Å². The third kappa shape index (κ3) is 6.04. The quantitative estimate of drug-likeness (QED) is 0.699. The highest BCUT2D eigenvalue weighted by Crippen LogP contribution is 2.23. The summed E-state index contributed by atoms with van der Waals surface area (Å²) in [5, 5.41) is 3.55. The first kappa shape index (κ1) is 18.0. The number of nitrogens with zero attached hydrogens (tertiary/aromatic N) is 2. The second-order valence-corrected chi connectivity index (χ2v) is 6.33. The molecule has 0 amide bonds. The molecule has 1 unspecified atom stereocenters. The van der Waals surface area contributed by atoms with E-state index in [0.29, 0.717) is 12.0 Å². The number of aromatic nitrogens is 1. The number of pyridine rings is 1. The molecule has 1 atom stereocenters. The Labute approximate surface area is 131 Å². The fraction of sp³-hybridized carbons (Fsp3) is 0.722. The van der Waals surface area contributed by atoms with E-state index >= 15 is 0 Å². The van der Waals surface area contributed by atoms with Gasteiger partial charge in [0.25, 0.3) is 0 Å². The summed E-state index contributed by atoms with van der Waals surface area (Å²) >= 11 is 0. The van der Waals surface area contributed by atoms with Crippen molar-refractivity contribution in [3.63, 3.8) is 0 Å². The van der Waals surface area contributed by atoms with E-state index in [9.17, 15) is 0 Å². The van der Waals surface area contributed by atoms with Gasteiger partial charge in [0.15, 0.2) is 0 Å². The molecule has 120 valence electrons. The zero-order chi connectivity index (χ0) is 15.7. The van der Waals surface area contributed by atoms with Gasteiger partial charge in [-0.25, -0.2) is 0 Å². The second kappa shape index (κ2) is 9.78. The molecule has 0 fully saturated rings. The highest BCUT2D eigenvalue weighted by molar-refractivity contribution is 5.52. The maximum Gasteiger partial charge on any atom is 0.0600 e. The summed E-state index contributed by atoms with van der Waals surface area (Å²) in [6.07, 6.45) is 7.57. The van der Waals surface area contributed by atoms with Gasteiger partial charge in [0.1, 0.15) is 0 Å². The van der Waals surface area contributed by atoms with Crippen LogP contribution < -0.4 is 10.2 Å². The van der Waals surface area contributed by atoms with Gasteiger partial charge < -0.3 is 10.2 Å². The fourth-order valence-corrected chi connectivity index (χ4v) is 2.45. The Morgan fingerprint density at radius 2 is 2.00 bits per heavy atom. The summed E-state index contributed by atoms with van der Waals surface area (Å²) in [6.45, 7) is 14.4. The van der Waals surface area contributed by atoms with Crippen molar-refractivity contribution < 1.29 is 0 Å². The third-order valence-electron chi connectivity index (χ3n) is 3.94. The largest absolute Gasteiger partial charge is 0.367 e. The normalized spacial score (nSPS) is 12.7. The molecule has 3 heteroatoms. The van der Waals surface area contributed by atoms with Crippen LogP contribution in [-0.2, 0) is 6.54 Å². The molecule has 21 heavy (non-hydrogen) atoms. The SMILES string of the molecule is CCCCN(c1cnccc1CNCC(C)C)C(C)CC. The highest BCUT2D eigenvalue weighted by Gasteiger charge is 2.16. The highest BCUT2D eigenvalue weighted by atomic mass is 15.2. The molecule has 0 aliphatic heterocycles. The Balaban J connectivity index is 2.85. The molecule has 0 saturated heterocycles. The van der Waals surface area contributed by atoms with E-state index in [1.54, 1.807) is 0 Å². The van der Waals surface area contributed by atoms with Crippen molar-refractivity contribution in [1.82, 2.24) is 10.3 Å². The predicted octanol–water partition coefficient (Wildman–Crippen LogP) is 4.23. The van der Waals surface area contributed by atoms with Crippen LogP contribution in [0.4, 0.5) is 5.69 Å². The lowest BCUT2D eigenvalue weighted by Gasteiger charge is -2.32. The molecule has 0 radical (unpaired) electrons. The monoisotopic (exact) mass is 291 g/mol. The van der Waals surface area contributed by atoms with E-state index in [2.05, 4.69) is 55.9 Å². The Morgan fingerprint density at radius 3 is 2.62 bits per heavy atom. The Hall–Kier alpha value is -1.09. The number of unbranched alkanes of at least 4 members (excludes halogenated alkanes) is 1. The lowest BCUT2D eigenvalue weighted by Crippen LogP contribution is -2.35. The van der Waals surface area contributed by atoms with Crippen molar-refractivity contribution in [2.75, 3.05) is 18.0 Å². The van der Waals surface area contributed by atoms with Crippen LogP contribution in [0, 0.1) is 5.92 Å². The number of hydrogen-bond acceptors (Lipinski definition) is 3. The van der Waals surface area contributed by atoms with Crippen molar-refractivity contribution >= 4 is 5.69 Å². The van der Waals surface area contributed by atoms with E-state index in [1.165, 1.54) is 24.1 Å². The summed E-state index contributed by atoms with van der Waals surface area (Å²) in [5.74, 6) is 0.682. The standard InChI is InChI=1S/C18H33N3/c1-6-8-11-21(16(5)7-2)18-14-19-10-9-17(18)13-20-12-15(3)4/h9-10,14-16,20H,6-8,11-13H2,1-5H3. The number of hydrogen-bond donors (Lipinski definition) is 1. The maximum atomic E-state index is 4.36. The fourth-order valence-electron chi connectivity index (χ4n) is 2.45. The van der Waals surface area contributed by atoms with Gasteiger partial charge in [-0.05, 0) is 43.9 Å². The van der Waals surface area contributed by atoms with Crippen LogP contribution in [0.2, 0.25) is 0 Å². The molecule has 1 heterocycles. The molecule has 1 N–H and O–H groups in total. The van der Waals surface area contributed by atoms with Crippen molar-refractivity contribution in [3.05, 3.63) is 24.0 Å². The molecule has 0 bridgehead atoms. The van der Waals surface area contributed by atoms with Crippen LogP contribution in [0.3, 0.4) is 0 Å². The van der Waals surface area contributed by atoms with Gasteiger partial charge in [0, 0.05) is 25.3 Å². The third-order valence-corrected chi connectivity index (χ3v) is 3.94. The molecule has 1 aromatic rings. The molecular weight excluding hydrogens is 258 g/mol. The molecule has 3 nitrogen and oxygen atoms in total. The van der Waals surface area contributed by atoms with Crippen molar-refractivity contribution in [1.29, 1.82) is 0 Å². The zero-order valence-electron chi connectivity index (χ0n) is 14.5. The smallest absolute Gasteiger partial charge is 0.0600 e. The van der Waals surface area contributed by atoms with Gasteiger partial charge in [-0.3, -0.25) is 4.98 Å². The lowest BCUT2D eigenvalue weighted by molar-refractivity contribution is 0.548. The van der Waals surface area contributed by atoms with E-state index in [1.807, 2.05) is 12.4 Å². The number of anilines is 1. The first-order valence-corrected chi connectivity index (χ1v) is 8.50. The summed E-state index contributed by atoms with van der Waals surface area (Å²) in [4.78, 5) is 6.90. The van der Waals surface area contributed by atoms with E-state index in [-0.39, 0.29) is 0 Å². The zero-order valence-corrected chi connectivity index (χ0v) is 14.5. The van der Waals surface area contributed by atoms with Gasteiger partial charge >= 0.3 is 0 Å². The predicted molar refractivity (Wildman–Crippen MR) is 92.8 cm³/mol. The average molecular weight is 291 g/mol. The summed E-state index contributed by atoms with van der Waals surface area (Å²) in [5.41, 5.74) is 2.67. The van der Waals surface area contributed by atoms with E-state index in [0.717, 1.165) is 26.1 Å². The summed E-state index contributed by atoms with van der Waals surface area (Å²) < 4.78 is 0. The van der Waals surface area contributed by atoms with Gasteiger partial charge in [-0.15, -0.1) is 0 Å². The summed E-state index contributed by atoms with van der Waals surface area (Å²) in [7, 11) is 0. The average Bonchev–Trinajstić information content (AvgIpc) is 2.48. The molecule has 1 aromatic heterocycles. The van der Waals surface area contributed by atoms with Crippen LogP contribution in [0.15, 0.2) is 18.5 Å². The topological polar surface area (TPSA) is 28.2 Å². The molecule has 0 aliphatic carbocycles. The van der Waals surface area contributed by atoms with Crippen molar-refractivity contribution in [3.8, 4) is 0 Å². The maximum absolute atomic E-state index is 4.36. The Bertz CT molecular complexity index is 390. The Kier molecular flexibility index (Phi) is 8.36. The molecule has 1 rings (SSSR count). The van der Waals surface area contributed by atoms with Gasteiger partial charge in [0.2, 0.25) is 0 Å².